The summed E-state index contributed by atoms with van der Waals surface area (Å²) in [5, 5.41) is 0. The van der Waals surface area contributed by atoms with Crippen molar-refractivity contribution in [3.8, 4) is 11.1 Å². The van der Waals surface area contributed by atoms with Crippen molar-refractivity contribution in [2.45, 2.75) is 0 Å². The smallest absolute Gasteiger partial charge is 0.134 e. The van der Waals surface area contributed by atoms with Gasteiger partial charge in [-0.2, -0.15) is 0 Å². The number of benzene rings is 1. The minimum Gasteiger partial charge on any atom is -0.244 e. The molecule has 2 aromatic rings. The van der Waals surface area contributed by atoms with Crippen molar-refractivity contribution < 1.29 is 8.78 Å². The maximum absolute atomic E-state index is 13.4. The highest BCUT2D eigenvalue weighted by molar-refractivity contribution is 9.10. The van der Waals surface area contributed by atoms with Gasteiger partial charge in [-0.3, -0.25) is 0 Å². The summed E-state index contributed by atoms with van der Waals surface area (Å²) in [6.07, 6.45) is 2.66. The van der Waals surface area contributed by atoms with Crippen molar-refractivity contribution >= 4 is 15.9 Å². The molecular formula is C10H5BrF2N2. The average molecular weight is 271 g/mol. The van der Waals surface area contributed by atoms with E-state index in [2.05, 4.69) is 25.9 Å². The molecule has 0 radical (unpaired) electrons. The SMILES string of the molecule is Fc1cccc(F)c1-c1cncnc1Br. The monoisotopic (exact) mass is 270 g/mol. The molecule has 0 unspecified atom stereocenters. The molecule has 5 heteroatoms. The third kappa shape index (κ3) is 1.87. The average Bonchev–Trinajstić information content (AvgIpc) is 2.20. The van der Waals surface area contributed by atoms with E-state index in [1.165, 1.54) is 30.7 Å². The molecule has 0 amide bonds. The first kappa shape index (κ1) is 10.2. The molecule has 0 aliphatic heterocycles. The summed E-state index contributed by atoms with van der Waals surface area (Å²) in [4.78, 5) is 7.54. The lowest BCUT2D eigenvalue weighted by Crippen LogP contribution is -1.92. The van der Waals surface area contributed by atoms with E-state index in [4.69, 9.17) is 0 Å². The van der Waals surface area contributed by atoms with Gasteiger partial charge in [0, 0.05) is 11.8 Å². The highest BCUT2D eigenvalue weighted by atomic mass is 79.9. The van der Waals surface area contributed by atoms with Crippen LogP contribution in [0.2, 0.25) is 0 Å². The third-order valence-corrected chi connectivity index (χ3v) is 2.53. The fourth-order valence-electron chi connectivity index (χ4n) is 1.24. The molecule has 0 atom stereocenters. The Bertz CT molecular complexity index is 482. The van der Waals surface area contributed by atoms with Gasteiger partial charge in [-0.05, 0) is 28.1 Å². The van der Waals surface area contributed by atoms with Crippen molar-refractivity contribution in [2.24, 2.45) is 0 Å². The van der Waals surface area contributed by atoms with Gasteiger partial charge in [-0.25, -0.2) is 18.7 Å². The second-order valence-electron chi connectivity index (χ2n) is 2.82. The van der Waals surface area contributed by atoms with E-state index < -0.39 is 11.6 Å². The van der Waals surface area contributed by atoms with Crippen LogP contribution in [0.5, 0.6) is 0 Å². The summed E-state index contributed by atoms with van der Waals surface area (Å²) in [5.74, 6) is -1.27. The Morgan fingerprint density at radius 2 is 1.80 bits per heavy atom. The van der Waals surface area contributed by atoms with E-state index in [0.29, 0.717) is 10.2 Å². The van der Waals surface area contributed by atoms with Gasteiger partial charge in [0.15, 0.2) is 0 Å². The molecule has 1 aromatic heterocycles. The standard InChI is InChI=1S/C10H5BrF2N2/c11-10-6(4-14-5-15-10)9-7(12)2-1-3-8(9)13/h1-5H. The molecule has 0 fully saturated rings. The lowest BCUT2D eigenvalue weighted by atomic mass is 10.1. The minimum atomic E-state index is -0.634. The van der Waals surface area contributed by atoms with Gasteiger partial charge >= 0.3 is 0 Å². The summed E-state index contributed by atoms with van der Waals surface area (Å²) in [6.45, 7) is 0. The van der Waals surface area contributed by atoms with Crippen LogP contribution in [0.25, 0.3) is 11.1 Å². The number of nitrogens with zero attached hydrogens (tertiary/aromatic N) is 2. The van der Waals surface area contributed by atoms with Crippen LogP contribution in [0.3, 0.4) is 0 Å². The van der Waals surface area contributed by atoms with Gasteiger partial charge in [0.25, 0.3) is 0 Å². The van der Waals surface area contributed by atoms with E-state index in [9.17, 15) is 8.78 Å². The molecule has 0 saturated heterocycles. The van der Waals surface area contributed by atoms with Gasteiger partial charge < -0.3 is 0 Å². The zero-order valence-electron chi connectivity index (χ0n) is 7.42. The van der Waals surface area contributed by atoms with Gasteiger partial charge in [0.05, 0.1) is 5.56 Å². The summed E-state index contributed by atoms with van der Waals surface area (Å²) in [6, 6.07) is 3.70. The zero-order valence-corrected chi connectivity index (χ0v) is 9.00. The van der Waals surface area contributed by atoms with Crippen LogP contribution in [0.1, 0.15) is 0 Å². The Balaban J connectivity index is 2.69. The Kier molecular flexibility index (Phi) is 2.73. The number of hydrogen-bond donors (Lipinski definition) is 0. The highest BCUT2D eigenvalue weighted by Crippen LogP contribution is 2.29. The maximum Gasteiger partial charge on any atom is 0.134 e. The lowest BCUT2D eigenvalue weighted by molar-refractivity contribution is 0.589. The van der Waals surface area contributed by atoms with Gasteiger partial charge in [-0.1, -0.05) is 6.07 Å². The molecule has 1 heterocycles. The van der Waals surface area contributed by atoms with E-state index >= 15 is 0 Å². The minimum absolute atomic E-state index is 0.120. The Morgan fingerprint density at radius 3 is 2.40 bits per heavy atom. The molecular weight excluding hydrogens is 266 g/mol. The quantitative estimate of drug-likeness (QED) is 0.744. The van der Waals surface area contributed by atoms with E-state index in [1.807, 2.05) is 0 Å². The van der Waals surface area contributed by atoms with Crippen LogP contribution in [0.15, 0.2) is 35.3 Å². The van der Waals surface area contributed by atoms with Crippen molar-refractivity contribution in [2.75, 3.05) is 0 Å². The summed E-state index contributed by atoms with van der Waals surface area (Å²) in [7, 11) is 0. The van der Waals surface area contributed by atoms with E-state index in [-0.39, 0.29) is 5.56 Å². The molecule has 0 aliphatic rings. The van der Waals surface area contributed by atoms with Crippen molar-refractivity contribution in [3.05, 3.63) is 47.0 Å². The molecule has 0 saturated carbocycles. The largest absolute Gasteiger partial charge is 0.244 e. The predicted molar refractivity (Wildman–Crippen MR) is 55.1 cm³/mol. The molecule has 2 nitrogen and oxygen atoms in total. The summed E-state index contributed by atoms with van der Waals surface area (Å²) >= 11 is 3.12. The fourth-order valence-corrected chi connectivity index (χ4v) is 1.63. The highest BCUT2D eigenvalue weighted by Gasteiger charge is 2.14. The van der Waals surface area contributed by atoms with Gasteiger partial charge in [0.2, 0.25) is 0 Å². The Hall–Kier alpha value is -1.36. The van der Waals surface area contributed by atoms with Gasteiger partial charge in [0.1, 0.15) is 22.6 Å². The van der Waals surface area contributed by atoms with E-state index in [0.717, 1.165) is 0 Å². The van der Waals surface area contributed by atoms with Crippen LogP contribution < -0.4 is 0 Å². The first-order chi connectivity index (χ1) is 7.20. The molecule has 1 aromatic carbocycles. The number of halogens is 3. The van der Waals surface area contributed by atoms with Crippen LogP contribution >= 0.6 is 15.9 Å². The van der Waals surface area contributed by atoms with E-state index in [1.54, 1.807) is 0 Å². The van der Waals surface area contributed by atoms with Crippen molar-refractivity contribution in [1.82, 2.24) is 9.97 Å². The first-order valence-electron chi connectivity index (χ1n) is 4.10. The number of hydrogen-bond acceptors (Lipinski definition) is 2. The fraction of sp³-hybridized carbons (Fsp3) is 0. The number of rotatable bonds is 1. The molecule has 0 bridgehead atoms. The molecule has 2 rings (SSSR count). The Labute approximate surface area is 93.1 Å². The third-order valence-electron chi connectivity index (χ3n) is 1.90. The predicted octanol–water partition coefficient (Wildman–Crippen LogP) is 3.18. The van der Waals surface area contributed by atoms with Crippen molar-refractivity contribution in [3.63, 3.8) is 0 Å². The molecule has 0 aliphatic carbocycles. The lowest BCUT2D eigenvalue weighted by Gasteiger charge is -2.05. The molecule has 0 spiro atoms. The molecule has 15 heavy (non-hydrogen) atoms. The Morgan fingerprint density at radius 1 is 1.13 bits per heavy atom. The summed E-state index contributed by atoms with van der Waals surface area (Å²) in [5.41, 5.74) is 0.179. The summed E-state index contributed by atoms with van der Waals surface area (Å²) < 4.78 is 27.2. The maximum atomic E-state index is 13.4. The topological polar surface area (TPSA) is 25.8 Å². The van der Waals surface area contributed by atoms with Crippen LogP contribution in [-0.2, 0) is 0 Å². The van der Waals surface area contributed by atoms with Gasteiger partial charge in [-0.15, -0.1) is 0 Å². The first-order valence-corrected chi connectivity index (χ1v) is 4.89. The normalized spacial score (nSPS) is 10.3. The number of aromatic nitrogens is 2. The second-order valence-corrected chi connectivity index (χ2v) is 3.58. The molecule has 0 N–H and O–H groups in total. The van der Waals surface area contributed by atoms with Crippen LogP contribution in [0, 0.1) is 11.6 Å². The van der Waals surface area contributed by atoms with Crippen LogP contribution in [-0.4, -0.2) is 9.97 Å². The van der Waals surface area contributed by atoms with Crippen molar-refractivity contribution in [1.29, 1.82) is 0 Å². The zero-order chi connectivity index (χ0) is 10.8. The van der Waals surface area contributed by atoms with Crippen LogP contribution in [0.4, 0.5) is 8.78 Å². The molecule has 76 valence electrons. The second kappa shape index (κ2) is 4.02.